The third-order valence-electron chi connectivity index (χ3n) is 3.00. The van der Waals surface area contributed by atoms with Gasteiger partial charge in [-0.2, -0.15) is 8.78 Å². The van der Waals surface area contributed by atoms with E-state index in [4.69, 9.17) is 0 Å². The molecule has 0 saturated carbocycles. The highest BCUT2D eigenvalue weighted by atomic mass is 32.2. The number of halogens is 2. The van der Waals surface area contributed by atoms with Gasteiger partial charge in [-0.15, -0.1) is 5.10 Å². The van der Waals surface area contributed by atoms with E-state index in [1.165, 1.54) is 24.3 Å². The number of hydrogen-bond acceptors (Lipinski definition) is 7. The zero-order valence-electron chi connectivity index (χ0n) is 14.3. The minimum absolute atomic E-state index is 0.0607. The number of benzene rings is 1. The van der Waals surface area contributed by atoms with Crippen LogP contribution in [0.25, 0.3) is 0 Å². The number of imide groups is 1. The van der Waals surface area contributed by atoms with Crippen LogP contribution in [-0.2, 0) is 10.3 Å². The molecule has 0 atom stereocenters. The highest BCUT2D eigenvalue weighted by Gasteiger charge is 2.21. The predicted molar refractivity (Wildman–Crippen MR) is 89.1 cm³/mol. The van der Waals surface area contributed by atoms with Crippen LogP contribution in [-0.4, -0.2) is 44.4 Å². The molecule has 1 heterocycles. The summed E-state index contributed by atoms with van der Waals surface area (Å²) < 4.78 is 30.0. The summed E-state index contributed by atoms with van der Waals surface area (Å²) in [6, 6.07) is 5.01. The zero-order valence-corrected chi connectivity index (χ0v) is 15.1. The quantitative estimate of drug-likeness (QED) is 0.760. The van der Waals surface area contributed by atoms with E-state index in [0.717, 1.165) is 11.8 Å². The molecule has 0 radical (unpaired) electrons. The molecule has 0 aliphatic carbocycles. The average Bonchev–Trinajstić information content (AvgIpc) is 3.02. The van der Waals surface area contributed by atoms with Crippen molar-refractivity contribution in [3.05, 3.63) is 29.8 Å². The van der Waals surface area contributed by atoms with Crippen LogP contribution in [0.1, 0.15) is 31.1 Å². The summed E-state index contributed by atoms with van der Waals surface area (Å²) in [4.78, 5) is 23.9. The summed E-state index contributed by atoms with van der Waals surface area (Å²) in [6.07, 6.45) is 0. The normalized spacial score (nSPS) is 11.5. The van der Waals surface area contributed by atoms with Crippen molar-refractivity contribution in [1.82, 2.24) is 25.5 Å². The molecule has 1 aromatic heterocycles. The Morgan fingerprint density at radius 1 is 1.27 bits per heavy atom. The smallest absolute Gasteiger partial charge is 0.387 e. The first-order chi connectivity index (χ1) is 12.2. The maximum Gasteiger partial charge on any atom is 0.387 e. The molecule has 26 heavy (non-hydrogen) atoms. The number of amides is 2. The van der Waals surface area contributed by atoms with Gasteiger partial charge in [0.2, 0.25) is 11.1 Å². The Morgan fingerprint density at radius 3 is 2.50 bits per heavy atom. The van der Waals surface area contributed by atoms with E-state index in [0.29, 0.717) is 5.16 Å². The second-order valence-corrected chi connectivity index (χ2v) is 7.06. The van der Waals surface area contributed by atoms with Crippen LogP contribution in [0.2, 0.25) is 0 Å². The van der Waals surface area contributed by atoms with Crippen molar-refractivity contribution in [2.45, 2.75) is 38.1 Å². The molecular weight excluding hydrogens is 368 g/mol. The van der Waals surface area contributed by atoms with E-state index >= 15 is 0 Å². The van der Waals surface area contributed by atoms with Gasteiger partial charge >= 0.3 is 6.61 Å². The minimum Gasteiger partial charge on any atom is -0.435 e. The Balaban J connectivity index is 1.90. The largest absolute Gasteiger partial charge is 0.435 e. The van der Waals surface area contributed by atoms with Crippen LogP contribution in [0, 0.1) is 0 Å². The molecule has 1 N–H and O–H groups in total. The number of carbonyl (C=O) groups is 2. The number of aromatic nitrogens is 4. The summed E-state index contributed by atoms with van der Waals surface area (Å²) in [7, 11) is 0. The van der Waals surface area contributed by atoms with Gasteiger partial charge in [0.25, 0.3) is 5.91 Å². The first kappa shape index (κ1) is 19.8. The molecule has 11 heteroatoms. The molecule has 2 aromatic rings. The van der Waals surface area contributed by atoms with Gasteiger partial charge in [0, 0.05) is 5.56 Å². The lowest BCUT2D eigenvalue weighted by molar-refractivity contribution is -0.117. The molecule has 0 unspecified atom stereocenters. The van der Waals surface area contributed by atoms with Crippen molar-refractivity contribution in [2.24, 2.45) is 0 Å². The summed E-state index contributed by atoms with van der Waals surface area (Å²) >= 11 is 1.09. The summed E-state index contributed by atoms with van der Waals surface area (Å²) in [6.45, 7) is 2.80. The van der Waals surface area contributed by atoms with E-state index in [1.807, 2.05) is 20.8 Å². The Labute approximate surface area is 152 Å². The van der Waals surface area contributed by atoms with Crippen LogP contribution in [0.4, 0.5) is 8.78 Å². The lowest BCUT2D eigenvalue weighted by atomic mass is 10.1. The van der Waals surface area contributed by atoms with Crippen molar-refractivity contribution in [2.75, 3.05) is 5.75 Å². The first-order valence-electron chi connectivity index (χ1n) is 7.47. The van der Waals surface area contributed by atoms with Gasteiger partial charge in [-0.05, 0) is 55.5 Å². The van der Waals surface area contributed by atoms with Crippen LogP contribution in [0.3, 0.4) is 0 Å². The Hall–Kier alpha value is -2.56. The van der Waals surface area contributed by atoms with Gasteiger partial charge in [-0.1, -0.05) is 11.8 Å². The number of tetrazole rings is 1. The second-order valence-electron chi connectivity index (χ2n) is 6.11. The molecular formula is C15H17F2N5O3S. The molecule has 0 fully saturated rings. The van der Waals surface area contributed by atoms with Crippen molar-refractivity contribution in [1.29, 1.82) is 0 Å². The molecule has 140 valence electrons. The van der Waals surface area contributed by atoms with E-state index in [-0.39, 0.29) is 22.6 Å². The number of hydrogen-bond donors (Lipinski definition) is 1. The lowest BCUT2D eigenvalue weighted by Gasteiger charge is -2.19. The number of carbonyl (C=O) groups excluding carboxylic acids is 2. The SMILES string of the molecule is CC(C)(C)n1nnnc1SCC(=O)NC(=O)c1ccc(OC(F)F)cc1. The van der Waals surface area contributed by atoms with Crippen LogP contribution in [0.15, 0.2) is 29.4 Å². The topological polar surface area (TPSA) is 99.0 Å². The first-order valence-corrected chi connectivity index (χ1v) is 8.46. The zero-order chi connectivity index (χ0) is 19.3. The molecule has 1 aromatic carbocycles. The standard InChI is InChI=1S/C15H17F2N5O3S/c1-15(2,3)22-14(19-20-21-22)26-8-11(23)18-12(24)9-4-6-10(7-5-9)25-13(16)17/h4-7,13H,8H2,1-3H3,(H,18,23,24). The number of alkyl halides is 2. The molecule has 2 amide bonds. The summed E-state index contributed by atoms with van der Waals surface area (Å²) in [5.41, 5.74) is -0.204. The molecule has 0 bridgehead atoms. The molecule has 2 rings (SSSR count). The van der Waals surface area contributed by atoms with Crippen LogP contribution < -0.4 is 10.1 Å². The van der Waals surface area contributed by atoms with E-state index in [9.17, 15) is 18.4 Å². The van der Waals surface area contributed by atoms with Crippen molar-refractivity contribution in [3.8, 4) is 5.75 Å². The maximum atomic E-state index is 12.1. The third kappa shape index (κ3) is 5.48. The summed E-state index contributed by atoms with van der Waals surface area (Å²) in [5, 5.41) is 14.0. The highest BCUT2D eigenvalue weighted by molar-refractivity contribution is 7.99. The van der Waals surface area contributed by atoms with Crippen LogP contribution in [0.5, 0.6) is 5.75 Å². The lowest BCUT2D eigenvalue weighted by Crippen LogP contribution is -2.32. The summed E-state index contributed by atoms with van der Waals surface area (Å²) in [5.74, 6) is -1.31. The second kappa shape index (κ2) is 8.21. The van der Waals surface area contributed by atoms with Crippen molar-refractivity contribution in [3.63, 3.8) is 0 Å². The van der Waals surface area contributed by atoms with Gasteiger partial charge in [0.1, 0.15) is 5.75 Å². The number of rotatable bonds is 6. The number of nitrogens with zero attached hydrogens (tertiary/aromatic N) is 4. The molecule has 0 aliphatic rings. The van der Waals surface area contributed by atoms with Gasteiger partial charge < -0.3 is 4.74 Å². The fraction of sp³-hybridized carbons (Fsp3) is 0.400. The van der Waals surface area contributed by atoms with E-state index in [2.05, 4.69) is 25.6 Å². The molecule has 8 nitrogen and oxygen atoms in total. The average molecular weight is 385 g/mol. The highest BCUT2D eigenvalue weighted by Crippen LogP contribution is 2.21. The van der Waals surface area contributed by atoms with Crippen molar-refractivity contribution < 1.29 is 23.1 Å². The fourth-order valence-corrected chi connectivity index (χ4v) is 2.70. The minimum atomic E-state index is -2.95. The Morgan fingerprint density at radius 2 is 1.92 bits per heavy atom. The number of ether oxygens (including phenoxy) is 1. The van der Waals surface area contributed by atoms with Gasteiger partial charge in [0.15, 0.2) is 0 Å². The number of thioether (sulfide) groups is 1. The van der Waals surface area contributed by atoms with E-state index in [1.54, 1.807) is 4.68 Å². The van der Waals surface area contributed by atoms with E-state index < -0.39 is 18.4 Å². The molecule has 0 aliphatic heterocycles. The van der Waals surface area contributed by atoms with Crippen molar-refractivity contribution >= 4 is 23.6 Å². The monoisotopic (exact) mass is 385 g/mol. The Bertz CT molecular complexity index is 774. The fourth-order valence-electron chi connectivity index (χ4n) is 1.84. The Kier molecular flexibility index (Phi) is 6.24. The van der Waals surface area contributed by atoms with Gasteiger partial charge in [-0.25, -0.2) is 4.68 Å². The third-order valence-corrected chi connectivity index (χ3v) is 3.92. The van der Waals surface area contributed by atoms with Gasteiger partial charge in [-0.3, -0.25) is 14.9 Å². The predicted octanol–water partition coefficient (Wildman–Crippen LogP) is 2.08. The van der Waals surface area contributed by atoms with Crippen LogP contribution >= 0.6 is 11.8 Å². The van der Waals surface area contributed by atoms with Gasteiger partial charge in [0.05, 0.1) is 11.3 Å². The number of nitrogens with one attached hydrogen (secondary N) is 1. The molecule has 0 spiro atoms. The molecule has 0 saturated heterocycles. The maximum absolute atomic E-state index is 12.1.